The third kappa shape index (κ3) is 3.48. The summed E-state index contributed by atoms with van der Waals surface area (Å²) < 4.78 is 7.44. The molecule has 3 aromatic rings. The number of nitrogens with one attached hydrogen (secondary N) is 1. The molecule has 0 atom stereocenters. The zero-order valence-electron chi connectivity index (χ0n) is 12.4. The van der Waals surface area contributed by atoms with Crippen molar-refractivity contribution >= 4 is 38.5 Å². The SMILES string of the molecule is COC(=O)c1cc(NCCn2ccnn2)c2cc(Br)ccc2n1. The predicted molar refractivity (Wildman–Crippen MR) is 89.3 cm³/mol. The average Bonchev–Trinajstić information content (AvgIpc) is 3.07. The lowest BCUT2D eigenvalue weighted by atomic mass is 10.1. The molecule has 0 unspecified atom stereocenters. The molecule has 0 saturated heterocycles. The van der Waals surface area contributed by atoms with Crippen LogP contribution < -0.4 is 5.32 Å². The predicted octanol–water partition coefficient (Wildman–Crippen LogP) is 2.49. The van der Waals surface area contributed by atoms with Gasteiger partial charge in [0.2, 0.25) is 0 Å². The fourth-order valence-corrected chi connectivity index (χ4v) is 2.57. The Morgan fingerprint density at radius 2 is 2.26 bits per heavy atom. The van der Waals surface area contributed by atoms with Crippen LogP contribution >= 0.6 is 15.9 Å². The van der Waals surface area contributed by atoms with Gasteiger partial charge in [0.05, 0.1) is 25.4 Å². The van der Waals surface area contributed by atoms with Gasteiger partial charge in [0.1, 0.15) is 0 Å². The topological polar surface area (TPSA) is 81.9 Å². The summed E-state index contributed by atoms with van der Waals surface area (Å²) in [4.78, 5) is 16.1. The average molecular weight is 376 g/mol. The summed E-state index contributed by atoms with van der Waals surface area (Å²) >= 11 is 3.46. The van der Waals surface area contributed by atoms with E-state index >= 15 is 0 Å². The van der Waals surface area contributed by atoms with Crippen molar-refractivity contribution in [1.82, 2.24) is 20.0 Å². The number of anilines is 1. The third-order valence-electron chi connectivity index (χ3n) is 3.29. The number of hydrogen-bond acceptors (Lipinski definition) is 6. The molecule has 0 aliphatic heterocycles. The van der Waals surface area contributed by atoms with Gasteiger partial charge in [-0.05, 0) is 24.3 Å². The zero-order chi connectivity index (χ0) is 16.2. The van der Waals surface area contributed by atoms with E-state index < -0.39 is 5.97 Å². The second-order valence-electron chi connectivity index (χ2n) is 4.80. The normalized spacial score (nSPS) is 10.7. The number of esters is 1. The number of rotatable bonds is 5. The Kier molecular flexibility index (Phi) is 4.52. The summed E-state index contributed by atoms with van der Waals surface area (Å²) in [5.74, 6) is -0.464. The number of methoxy groups -OCH3 is 1. The van der Waals surface area contributed by atoms with Gasteiger partial charge in [-0.25, -0.2) is 9.78 Å². The summed E-state index contributed by atoms with van der Waals surface area (Å²) in [7, 11) is 1.34. The van der Waals surface area contributed by atoms with Crippen molar-refractivity contribution in [2.75, 3.05) is 19.0 Å². The Morgan fingerprint density at radius 3 is 3.00 bits per heavy atom. The number of hydrogen-bond donors (Lipinski definition) is 1. The fraction of sp³-hybridized carbons (Fsp3) is 0.200. The minimum Gasteiger partial charge on any atom is -0.464 e. The molecule has 0 saturated carbocycles. The van der Waals surface area contributed by atoms with Crippen molar-refractivity contribution in [3.63, 3.8) is 0 Å². The lowest BCUT2D eigenvalue weighted by Gasteiger charge is -2.11. The van der Waals surface area contributed by atoms with Crippen LogP contribution in [0.25, 0.3) is 10.9 Å². The molecular weight excluding hydrogens is 362 g/mol. The Hall–Kier alpha value is -2.48. The first-order valence-electron chi connectivity index (χ1n) is 6.94. The molecule has 23 heavy (non-hydrogen) atoms. The van der Waals surface area contributed by atoms with Crippen LogP contribution in [-0.2, 0) is 11.3 Å². The monoisotopic (exact) mass is 375 g/mol. The fourth-order valence-electron chi connectivity index (χ4n) is 2.21. The van der Waals surface area contributed by atoms with Crippen LogP contribution in [0.5, 0.6) is 0 Å². The van der Waals surface area contributed by atoms with E-state index in [1.54, 1.807) is 23.1 Å². The molecule has 0 spiro atoms. The van der Waals surface area contributed by atoms with Gasteiger partial charge in [-0.2, -0.15) is 0 Å². The second kappa shape index (κ2) is 6.74. The number of halogens is 1. The lowest BCUT2D eigenvalue weighted by molar-refractivity contribution is 0.0594. The van der Waals surface area contributed by atoms with Crippen LogP contribution in [0.15, 0.2) is 41.1 Å². The van der Waals surface area contributed by atoms with Gasteiger partial charge in [0.25, 0.3) is 0 Å². The van der Waals surface area contributed by atoms with Gasteiger partial charge in [-0.3, -0.25) is 4.68 Å². The molecule has 7 nitrogen and oxygen atoms in total. The van der Waals surface area contributed by atoms with Gasteiger partial charge in [0.15, 0.2) is 5.69 Å². The number of ether oxygens (including phenoxy) is 1. The van der Waals surface area contributed by atoms with Gasteiger partial charge in [-0.1, -0.05) is 21.1 Å². The molecule has 0 fully saturated rings. The molecule has 0 amide bonds. The van der Waals surface area contributed by atoms with Gasteiger partial charge in [0, 0.05) is 28.3 Å². The molecule has 0 aliphatic rings. The zero-order valence-corrected chi connectivity index (χ0v) is 13.9. The summed E-state index contributed by atoms with van der Waals surface area (Å²) in [6.45, 7) is 1.29. The van der Waals surface area contributed by atoms with Gasteiger partial charge in [-0.15, -0.1) is 5.10 Å². The molecule has 0 aliphatic carbocycles. The van der Waals surface area contributed by atoms with E-state index in [2.05, 4.69) is 36.5 Å². The number of nitrogens with zero attached hydrogens (tertiary/aromatic N) is 4. The molecule has 1 aromatic carbocycles. The summed E-state index contributed by atoms with van der Waals surface area (Å²) in [5, 5.41) is 11.9. The highest BCUT2D eigenvalue weighted by atomic mass is 79.9. The van der Waals surface area contributed by atoms with Crippen LogP contribution in [0.3, 0.4) is 0 Å². The lowest BCUT2D eigenvalue weighted by Crippen LogP contribution is -2.12. The highest BCUT2D eigenvalue weighted by Crippen LogP contribution is 2.26. The Bertz CT molecular complexity index is 835. The van der Waals surface area contributed by atoms with E-state index in [1.165, 1.54) is 7.11 Å². The van der Waals surface area contributed by atoms with Gasteiger partial charge >= 0.3 is 5.97 Å². The number of fused-ring (bicyclic) bond motifs is 1. The maximum atomic E-state index is 11.8. The third-order valence-corrected chi connectivity index (χ3v) is 3.79. The summed E-state index contributed by atoms with van der Waals surface area (Å²) in [5.41, 5.74) is 1.81. The van der Waals surface area contributed by atoms with Crippen LogP contribution in [0.2, 0.25) is 0 Å². The number of pyridine rings is 1. The summed E-state index contributed by atoms with van der Waals surface area (Å²) in [6, 6.07) is 7.40. The smallest absolute Gasteiger partial charge is 0.356 e. The number of aromatic nitrogens is 4. The second-order valence-corrected chi connectivity index (χ2v) is 5.72. The van der Waals surface area contributed by atoms with E-state index in [9.17, 15) is 4.79 Å². The van der Waals surface area contributed by atoms with Crippen LogP contribution in [0.1, 0.15) is 10.5 Å². The Balaban J connectivity index is 1.91. The number of carbonyl (C=O) groups is 1. The molecule has 1 N–H and O–H groups in total. The quantitative estimate of drug-likeness (QED) is 0.689. The standard InChI is InChI=1S/C15H14BrN5O2/c1-23-15(22)14-9-13(17-4-6-21-7-5-18-20-21)11-8-10(16)2-3-12(11)19-14/h2-3,5,7-9H,4,6H2,1H3,(H,17,19). The van der Waals surface area contributed by atoms with E-state index in [-0.39, 0.29) is 5.69 Å². The first-order chi connectivity index (χ1) is 11.2. The van der Waals surface area contributed by atoms with Crippen molar-refractivity contribution in [3.05, 3.63) is 46.8 Å². The Labute approximate surface area is 140 Å². The van der Waals surface area contributed by atoms with Crippen LogP contribution in [0, 0.1) is 0 Å². The molecule has 2 heterocycles. The first kappa shape index (κ1) is 15.4. The number of benzene rings is 1. The van der Waals surface area contributed by atoms with E-state index in [0.717, 1.165) is 21.1 Å². The maximum absolute atomic E-state index is 11.8. The molecule has 0 bridgehead atoms. The van der Waals surface area contributed by atoms with Crippen LogP contribution in [0.4, 0.5) is 5.69 Å². The summed E-state index contributed by atoms with van der Waals surface area (Å²) in [6.07, 6.45) is 3.43. The molecule has 8 heteroatoms. The van der Waals surface area contributed by atoms with E-state index in [4.69, 9.17) is 4.74 Å². The first-order valence-corrected chi connectivity index (χ1v) is 7.73. The highest BCUT2D eigenvalue weighted by Gasteiger charge is 2.12. The minimum atomic E-state index is -0.464. The van der Waals surface area contributed by atoms with Crippen molar-refractivity contribution in [2.24, 2.45) is 0 Å². The van der Waals surface area contributed by atoms with E-state index in [1.807, 2.05) is 18.2 Å². The van der Waals surface area contributed by atoms with E-state index in [0.29, 0.717) is 13.1 Å². The Morgan fingerprint density at radius 1 is 1.39 bits per heavy atom. The largest absolute Gasteiger partial charge is 0.464 e. The van der Waals surface area contributed by atoms with Crippen molar-refractivity contribution in [1.29, 1.82) is 0 Å². The van der Waals surface area contributed by atoms with Crippen molar-refractivity contribution in [3.8, 4) is 0 Å². The highest BCUT2D eigenvalue weighted by molar-refractivity contribution is 9.10. The molecular formula is C15H14BrN5O2. The van der Waals surface area contributed by atoms with Crippen LogP contribution in [-0.4, -0.2) is 39.6 Å². The maximum Gasteiger partial charge on any atom is 0.356 e. The van der Waals surface area contributed by atoms with Crippen molar-refractivity contribution in [2.45, 2.75) is 6.54 Å². The molecule has 0 radical (unpaired) electrons. The van der Waals surface area contributed by atoms with Crippen molar-refractivity contribution < 1.29 is 9.53 Å². The molecule has 118 valence electrons. The molecule has 3 rings (SSSR count). The minimum absolute atomic E-state index is 0.269. The number of carbonyl (C=O) groups excluding carboxylic acids is 1. The molecule has 2 aromatic heterocycles. The van der Waals surface area contributed by atoms with Gasteiger partial charge < -0.3 is 10.1 Å².